The second-order valence-electron chi connectivity index (χ2n) is 4.49. The van der Waals surface area contributed by atoms with Crippen molar-refractivity contribution < 1.29 is 14.0 Å². The van der Waals surface area contributed by atoms with Crippen LogP contribution in [0.3, 0.4) is 0 Å². The number of anilines is 1. The van der Waals surface area contributed by atoms with Gasteiger partial charge >= 0.3 is 0 Å². The molecule has 0 bridgehead atoms. The number of nitrogens with two attached hydrogens (primary N) is 1. The molecule has 0 atom stereocenters. The SMILES string of the molecule is COc1cc(SC(C)C)cc(OC)c1-c1cc(N)no1. The molecule has 0 aliphatic heterocycles. The lowest BCUT2D eigenvalue weighted by Crippen LogP contribution is -1.95. The van der Waals surface area contributed by atoms with E-state index < -0.39 is 0 Å². The number of benzene rings is 1. The average molecular weight is 294 g/mol. The van der Waals surface area contributed by atoms with E-state index in [9.17, 15) is 0 Å². The fourth-order valence-corrected chi connectivity index (χ4v) is 2.77. The highest BCUT2D eigenvalue weighted by Gasteiger charge is 2.19. The Morgan fingerprint density at radius 1 is 1.15 bits per heavy atom. The maximum absolute atomic E-state index is 5.60. The Morgan fingerprint density at radius 2 is 1.75 bits per heavy atom. The molecular formula is C14H18N2O3S. The highest BCUT2D eigenvalue weighted by molar-refractivity contribution is 7.99. The van der Waals surface area contributed by atoms with Crippen LogP contribution >= 0.6 is 11.8 Å². The molecule has 0 spiro atoms. The largest absolute Gasteiger partial charge is 0.496 e. The van der Waals surface area contributed by atoms with Gasteiger partial charge in [0, 0.05) is 16.2 Å². The second kappa shape index (κ2) is 6.09. The first kappa shape index (κ1) is 14.6. The number of aromatic nitrogens is 1. The van der Waals surface area contributed by atoms with Crippen LogP contribution in [0.2, 0.25) is 0 Å². The minimum atomic E-state index is 0.324. The zero-order valence-corrected chi connectivity index (χ0v) is 12.8. The first-order valence-corrected chi connectivity index (χ1v) is 7.08. The average Bonchev–Trinajstić information content (AvgIpc) is 2.83. The molecule has 6 heteroatoms. The number of thioether (sulfide) groups is 1. The monoisotopic (exact) mass is 294 g/mol. The van der Waals surface area contributed by atoms with Crippen molar-refractivity contribution in [2.45, 2.75) is 24.0 Å². The first-order valence-electron chi connectivity index (χ1n) is 6.20. The highest BCUT2D eigenvalue weighted by atomic mass is 32.2. The van der Waals surface area contributed by atoms with Crippen LogP contribution < -0.4 is 15.2 Å². The third-order valence-corrected chi connectivity index (χ3v) is 3.61. The molecule has 0 fully saturated rings. The van der Waals surface area contributed by atoms with Crippen molar-refractivity contribution in [3.63, 3.8) is 0 Å². The van der Waals surface area contributed by atoms with Gasteiger partial charge in [0.1, 0.15) is 17.1 Å². The van der Waals surface area contributed by atoms with Crippen molar-refractivity contribution >= 4 is 17.6 Å². The van der Waals surface area contributed by atoms with Crippen LogP contribution in [0.4, 0.5) is 5.82 Å². The van der Waals surface area contributed by atoms with Crippen LogP contribution in [0.15, 0.2) is 27.6 Å². The smallest absolute Gasteiger partial charge is 0.176 e. The summed E-state index contributed by atoms with van der Waals surface area (Å²) in [7, 11) is 3.23. The van der Waals surface area contributed by atoms with Gasteiger partial charge in [0.15, 0.2) is 11.6 Å². The number of hydrogen-bond donors (Lipinski definition) is 1. The Bertz CT molecular complexity index is 571. The lowest BCUT2D eigenvalue weighted by molar-refractivity contribution is 0.385. The van der Waals surface area contributed by atoms with E-state index in [-0.39, 0.29) is 0 Å². The molecular weight excluding hydrogens is 276 g/mol. The zero-order valence-electron chi connectivity index (χ0n) is 12.0. The third-order valence-electron chi connectivity index (χ3n) is 2.63. The van der Waals surface area contributed by atoms with Gasteiger partial charge < -0.3 is 19.7 Å². The molecule has 1 heterocycles. The number of rotatable bonds is 5. The molecule has 0 saturated heterocycles. The Morgan fingerprint density at radius 3 is 2.15 bits per heavy atom. The van der Waals surface area contributed by atoms with E-state index in [1.165, 1.54) is 0 Å². The van der Waals surface area contributed by atoms with Crippen molar-refractivity contribution in [3.05, 3.63) is 18.2 Å². The van der Waals surface area contributed by atoms with E-state index in [2.05, 4.69) is 19.0 Å². The zero-order chi connectivity index (χ0) is 14.7. The van der Waals surface area contributed by atoms with Crippen molar-refractivity contribution in [1.82, 2.24) is 5.16 Å². The summed E-state index contributed by atoms with van der Waals surface area (Å²) in [6.07, 6.45) is 0. The van der Waals surface area contributed by atoms with E-state index in [0.717, 1.165) is 4.90 Å². The Hall–Kier alpha value is -1.82. The summed E-state index contributed by atoms with van der Waals surface area (Å²) in [5.41, 5.74) is 6.32. The first-order chi connectivity index (χ1) is 9.55. The van der Waals surface area contributed by atoms with Crippen LogP contribution in [0.5, 0.6) is 11.5 Å². The quantitative estimate of drug-likeness (QED) is 0.852. The fourth-order valence-electron chi connectivity index (χ4n) is 1.88. The minimum Gasteiger partial charge on any atom is -0.496 e. The number of methoxy groups -OCH3 is 2. The van der Waals surface area contributed by atoms with Crippen molar-refractivity contribution in [2.24, 2.45) is 0 Å². The lowest BCUT2D eigenvalue weighted by Gasteiger charge is -2.14. The van der Waals surface area contributed by atoms with Gasteiger partial charge in [0.2, 0.25) is 0 Å². The van der Waals surface area contributed by atoms with Gasteiger partial charge in [0.25, 0.3) is 0 Å². The lowest BCUT2D eigenvalue weighted by atomic mass is 10.1. The van der Waals surface area contributed by atoms with Gasteiger partial charge in [-0.3, -0.25) is 0 Å². The molecule has 2 aromatic rings. The normalized spacial score (nSPS) is 10.8. The fraction of sp³-hybridized carbons (Fsp3) is 0.357. The topological polar surface area (TPSA) is 70.5 Å². The predicted octanol–water partition coefficient (Wildman–Crippen LogP) is 3.44. The summed E-state index contributed by atoms with van der Waals surface area (Å²) in [5, 5.41) is 4.17. The molecule has 0 amide bonds. The molecule has 2 rings (SSSR count). The molecule has 0 aliphatic carbocycles. The van der Waals surface area contributed by atoms with E-state index in [1.807, 2.05) is 12.1 Å². The van der Waals surface area contributed by atoms with E-state index in [0.29, 0.717) is 33.9 Å². The van der Waals surface area contributed by atoms with Gasteiger partial charge in [-0.15, -0.1) is 11.8 Å². The van der Waals surface area contributed by atoms with E-state index in [4.69, 9.17) is 19.7 Å². The van der Waals surface area contributed by atoms with Crippen molar-refractivity contribution in [1.29, 1.82) is 0 Å². The Balaban J connectivity index is 2.55. The van der Waals surface area contributed by atoms with Crippen molar-refractivity contribution in [3.8, 4) is 22.8 Å². The highest BCUT2D eigenvalue weighted by Crippen LogP contribution is 2.42. The second-order valence-corrected chi connectivity index (χ2v) is 6.14. The van der Waals surface area contributed by atoms with Gasteiger partial charge in [-0.05, 0) is 12.1 Å². The van der Waals surface area contributed by atoms with Gasteiger partial charge in [-0.1, -0.05) is 19.0 Å². The molecule has 5 nitrogen and oxygen atoms in total. The summed E-state index contributed by atoms with van der Waals surface area (Å²) in [5.74, 6) is 2.19. The maximum Gasteiger partial charge on any atom is 0.176 e. The van der Waals surface area contributed by atoms with Crippen LogP contribution in [-0.4, -0.2) is 24.6 Å². The van der Waals surface area contributed by atoms with Crippen LogP contribution in [0, 0.1) is 0 Å². The molecule has 1 aromatic heterocycles. The van der Waals surface area contributed by atoms with Crippen LogP contribution in [0.25, 0.3) is 11.3 Å². The summed E-state index contributed by atoms with van der Waals surface area (Å²) in [4.78, 5) is 1.07. The standard InChI is InChI=1S/C14H18N2O3S/c1-8(2)20-9-5-10(17-3)14(11(6-9)18-4)12-7-13(15)16-19-12/h5-8H,1-4H3,(H2,15,16). The van der Waals surface area contributed by atoms with Crippen LogP contribution in [0.1, 0.15) is 13.8 Å². The van der Waals surface area contributed by atoms with Crippen LogP contribution in [-0.2, 0) is 0 Å². The minimum absolute atomic E-state index is 0.324. The van der Waals surface area contributed by atoms with Gasteiger partial charge in [-0.25, -0.2) is 0 Å². The maximum atomic E-state index is 5.60. The predicted molar refractivity (Wildman–Crippen MR) is 80.4 cm³/mol. The van der Waals surface area contributed by atoms with E-state index in [1.54, 1.807) is 32.0 Å². The number of hydrogen-bond acceptors (Lipinski definition) is 6. The molecule has 0 radical (unpaired) electrons. The summed E-state index contributed by atoms with van der Waals surface area (Å²) in [6.45, 7) is 4.27. The summed E-state index contributed by atoms with van der Waals surface area (Å²) < 4.78 is 16.1. The molecule has 1 aromatic carbocycles. The van der Waals surface area contributed by atoms with Crippen molar-refractivity contribution in [2.75, 3.05) is 20.0 Å². The number of nitrogen functional groups attached to an aromatic ring is 1. The Kier molecular flexibility index (Phi) is 4.44. The summed E-state index contributed by atoms with van der Waals surface area (Å²) in [6, 6.07) is 5.57. The van der Waals surface area contributed by atoms with Gasteiger partial charge in [0.05, 0.1) is 14.2 Å². The van der Waals surface area contributed by atoms with Gasteiger partial charge in [-0.2, -0.15) is 0 Å². The molecule has 108 valence electrons. The number of nitrogens with zero attached hydrogens (tertiary/aromatic N) is 1. The molecule has 0 saturated carbocycles. The molecule has 0 unspecified atom stereocenters. The molecule has 2 N–H and O–H groups in total. The van der Waals surface area contributed by atoms with E-state index >= 15 is 0 Å². The Labute approximate surface area is 122 Å². The molecule has 20 heavy (non-hydrogen) atoms. The molecule has 0 aliphatic rings. The summed E-state index contributed by atoms with van der Waals surface area (Å²) >= 11 is 1.74. The third kappa shape index (κ3) is 3.01. The number of ether oxygens (including phenoxy) is 2.